The van der Waals surface area contributed by atoms with E-state index in [4.69, 9.17) is 5.84 Å². The van der Waals surface area contributed by atoms with Crippen LogP contribution in [0.15, 0.2) is 22.6 Å². The van der Waals surface area contributed by atoms with E-state index in [9.17, 15) is 4.79 Å². The fourth-order valence-electron chi connectivity index (χ4n) is 2.10. The Morgan fingerprint density at radius 1 is 1.38 bits per heavy atom. The summed E-state index contributed by atoms with van der Waals surface area (Å²) >= 11 is 1.41. The summed E-state index contributed by atoms with van der Waals surface area (Å²) in [6.07, 6.45) is 1.53. The maximum absolute atomic E-state index is 12.4. The Balaban J connectivity index is 2.04. The van der Waals surface area contributed by atoms with Gasteiger partial charge in [-0.2, -0.15) is 0 Å². The zero-order chi connectivity index (χ0) is 15.0. The Morgan fingerprint density at radius 3 is 2.95 bits per heavy atom. The average Bonchev–Trinajstić information content (AvgIpc) is 2.83. The Labute approximate surface area is 124 Å². The van der Waals surface area contributed by atoms with E-state index in [1.54, 1.807) is 6.07 Å². The minimum atomic E-state index is -0.0783. The van der Waals surface area contributed by atoms with E-state index >= 15 is 0 Å². The molecule has 0 spiro atoms. The molecule has 0 unspecified atom stereocenters. The summed E-state index contributed by atoms with van der Waals surface area (Å²) in [5, 5.41) is 1.93. The molecule has 3 heterocycles. The molecule has 21 heavy (non-hydrogen) atoms. The Morgan fingerprint density at radius 2 is 2.19 bits per heavy atom. The van der Waals surface area contributed by atoms with Gasteiger partial charge in [0.05, 0.1) is 18.4 Å². The number of nitrogen functional groups attached to an aromatic ring is 1. The predicted octanol–water partition coefficient (Wildman–Crippen LogP) is 1.20. The van der Waals surface area contributed by atoms with Crippen molar-refractivity contribution in [2.75, 3.05) is 5.43 Å². The molecule has 0 radical (unpaired) electrons. The Bertz CT molecular complexity index is 869. The van der Waals surface area contributed by atoms with Crippen LogP contribution in [-0.2, 0) is 6.54 Å². The third-order valence-electron chi connectivity index (χ3n) is 3.08. The molecule has 8 heteroatoms. The van der Waals surface area contributed by atoms with Crippen LogP contribution < -0.4 is 16.8 Å². The van der Waals surface area contributed by atoms with Crippen LogP contribution in [0.1, 0.15) is 17.1 Å². The third-order valence-corrected chi connectivity index (χ3v) is 4.16. The highest BCUT2D eigenvalue weighted by Crippen LogP contribution is 2.19. The number of aryl methyl sites for hydroxylation is 2. The fraction of sp³-hybridized carbons (Fsp3) is 0.231. The fourth-order valence-corrected chi connectivity index (χ4v) is 3.05. The lowest BCUT2D eigenvalue weighted by Gasteiger charge is -2.07. The minimum absolute atomic E-state index is 0.0783. The number of fused-ring (bicyclic) bond motifs is 1. The highest BCUT2D eigenvalue weighted by Gasteiger charge is 2.10. The number of aromatic nitrogens is 4. The number of hydrogen-bond acceptors (Lipinski definition) is 7. The van der Waals surface area contributed by atoms with E-state index in [-0.39, 0.29) is 12.1 Å². The summed E-state index contributed by atoms with van der Waals surface area (Å²) in [5.74, 6) is 6.40. The molecule has 108 valence electrons. The third kappa shape index (κ3) is 2.50. The second-order valence-electron chi connectivity index (χ2n) is 4.73. The summed E-state index contributed by atoms with van der Waals surface area (Å²) in [7, 11) is 0. The van der Waals surface area contributed by atoms with E-state index in [1.165, 1.54) is 22.2 Å². The van der Waals surface area contributed by atoms with Gasteiger partial charge in [-0.1, -0.05) is 0 Å². The van der Waals surface area contributed by atoms with Crippen molar-refractivity contribution in [1.82, 2.24) is 19.5 Å². The maximum atomic E-state index is 12.4. The van der Waals surface area contributed by atoms with E-state index < -0.39 is 0 Å². The van der Waals surface area contributed by atoms with Gasteiger partial charge in [0.25, 0.3) is 5.56 Å². The molecule has 3 aromatic rings. The van der Waals surface area contributed by atoms with Crippen molar-refractivity contribution in [1.29, 1.82) is 0 Å². The van der Waals surface area contributed by atoms with Crippen LogP contribution in [0.4, 0.5) is 5.82 Å². The summed E-state index contributed by atoms with van der Waals surface area (Å²) in [6, 6.07) is 1.73. The second-order valence-corrected chi connectivity index (χ2v) is 5.61. The van der Waals surface area contributed by atoms with Gasteiger partial charge >= 0.3 is 0 Å². The molecule has 0 aliphatic rings. The number of nitrogens with one attached hydrogen (secondary N) is 1. The molecule has 3 rings (SSSR count). The Kier molecular flexibility index (Phi) is 3.40. The number of anilines is 1. The largest absolute Gasteiger partial charge is 0.308 e. The standard InChI is InChI=1S/C13H14N6OS/c1-7-5-21-12-11(7)15-6-19(13(12)20)4-10-16-8(2)3-9(17-10)18-14/h3,5-6H,4,14H2,1-2H3,(H,16,17,18). The van der Waals surface area contributed by atoms with Gasteiger partial charge in [-0.3, -0.25) is 9.36 Å². The molecule has 0 aliphatic carbocycles. The van der Waals surface area contributed by atoms with Crippen molar-refractivity contribution in [2.45, 2.75) is 20.4 Å². The average molecular weight is 302 g/mol. The van der Waals surface area contributed by atoms with E-state index in [1.807, 2.05) is 19.2 Å². The highest BCUT2D eigenvalue weighted by molar-refractivity contribution is 7.17. The second kappa shape index (κ2) is 5.23. The predicted molar refractivity (Wildman–Crippen MR) is 82.3 cm³/mol. The topological polar surface area (TPSA) is 98.7 Å². The molecule has 0 aromatic carbocycles. The summed E-state index contributed by atoms with van der Waals surface area (Å²) in [6.45, 7) is 4.05. The van der Waals surface area contributed by atoms with Crippen LogP contribution in [0.5, 0.6) is 0 Å². The van der Waals surface area contributed by atoms with Crippen LogP contribution in [0, 0.1) is 13.8 Å². The molecule has 0 amide bonds. The lowest BCUT2D eigenvalue weighted by molar-refractivity contribution is 0.704. The molecular formula is C13H14N6OS. The highest BCUT2D eigenvalue weighted by atomic mass is 32.1. The smallest absolute Gasteiger partial charge is 0.271 e. The van der Waals surface area contributed by atoms with E-state index in [0.717, 1.165) is 16.8 Å². The first kappa shape index (κ1) is 13.7. The lowest BCUT2D eigenvalue weighted by Crippen LogP contribution is -2.22. The normalized spacial score (nSPS) is 11.0. The van der Waals surface area contributed by atoms with Gasteiger partial charge in [0.1, 0.15) is 10.5 Å². The first-order chi connectivity index (χ1) is 10.1. The van der Waals surface area contributed by atoms with Crippen LogP contribution >= 0.6 is 11.3 Å². The van der Waals surface area contributed by atoms with Gasteiger partial charge < -0.3 is 5.43 Å². The van der Waals surface area contributed by atoms with Gasteiger partial charge in [-0.15, -0.1) is 11.3 Å². The number of hydrogen-bond donors (Lipinski definition) is 2. The number of nitrogens with two attached hydrogens (primary N) is 1. The number of rotatable bonds is 3. The molecule has 0 saturated heterocycles. The number of hydrazine groups is 1. The quantitative estimate of drug-likeness (QED) is 0.557. The van der Waals surface area contributed by atoms with Gasteiger partial charge in [0.2, 0.25) is 0 Å². The summed E-state index contributed by atoms with van der Waals surface area (Å²) in [5.41, 5.74) is 4.97. The summed E-state index contributed by atoms with van der Waals surface area (Å²) < 4.78 is 2.16. The van der Waals surface area contributed by atoms with Gasteiger partial charge in [-0.25, -0.2) is 20.8 Å². The minimum Gasteiger partial charge on any atom is -0.308 e. The van der Waals surface area contributed by atoms with E-state index in [0.29, 0.717) is 16.3 Å². The molecular weight excluding hydrogens is 288 g/mol. The molecule has 0 bridgehead atoms. The molecule has 7 nitrogen and oxygen atoms in total. The molecule has 3 aromatic heterocycles. The SMILES string of the molecule is Cc1cc(NN)nc(Cn2cnc3c(C)csc3c2=O)n1. The molecule has 0 aliphatic heterocycles. The van der Waals surface area contributed by atoms with Crippen LogP contribution in [0.25, 0.3) is 10.2 Å². The maximum Gasteiger partial charge on any atom is 0.271 e. The molecule has 0 saturated carbocycles. The first-order valence-corrected chi connectivity index (χ1v) is 7.21. The van der Waals surface area contributed by atoms with Gasteiger partial charge in [-0.05, 0) is 24.8 Å². The van der Waals surface area contributed by atoms with Crippen molar-refractivity contribution in [3.05, 3.63) is 45.2 Å². The van der Waals surface area contributed by atoms with Gasteiger partial charge in [0, 0.05) is 11.8 Å². The number of thiophene rings is 1. The molecule has 3 N–H and O–H groups in total. The van der Waals surface area contributed by atoms with Crippen LogP contribution in [0.3, 0.4) is 0 Å². The van der Waals surface area contributed by atoms with Crippen molar-refractivity contribution < 1.29 is 0 Å². The monoisotopic (exact) mass is 302 g/mol. The van der Waals surface area contributed by atoms with Crippen molar-refractivity contribution >= 4 is 27.4 Å². The van der Waals surface area contributed by atoms with E-state index in [2.05, 4.69) is 20.4 Å². The molecule has 0 fully saturated rings. The van der Waals surface area contributed by atoms with Gasteiger partial charge in [0.15, 0.2) is 5.82 Å². The molecule has 0 atom stereocenters. The summed E-state index contributed by atoms with van der Waals surface area (Å²) in [4.78, 5) is 25.3. The zero-order valence-electron chi connectivity index (χ0n) is 11.6. The van der Waals surface area contributed by atoms with Crippen LogP contribution in [0.2, 0.25) is 0 Å². The first-order valence-electron chi connectivity index (χ1n) is 6.33. The Hall–Kier alpha value is -2.32. The van der Waals surface area contributed by atoms with Crippen molar-refractivity contribution in [3.8, 4) is 0 Å². The van der Waals surface area contributed by atoms with Crippen molar-refractivity contribution in [3.63, 3.8) is 0 Å². The number of nitrogens with zero attached hydrogens (tertiary/aromatic N) is 4. The lowest BCUT2D eigenvalue weighted by atomic mass is 10.3. The van der Waals surface area contributed by atoms with Crippen molar-refractivity contribution in [2.24, 2.45) is 5.84 Å². The van der Waals surface area contributed by atoms with Crippen LogP contribution in [-0.4, -0.2) is 19.5 Å². The zero-order valence-corrected chi connectivity index (χ0v) is 12.4.